The van der Waals surface area contributed by atoms with E-state index in [2.05, 4.69) is 19.9 Å². The van der Waals surface area contributed by atoms with Crippen LogP contribution in [0.4, 0.5) is 0 Å². The first-order valence-corrected chi connectivity index (χ1v) is 7.82. The van der Waals surface area contributed by atoms with Crippen molar-refractivity contribution in [3.8, 4) is 11.5 Å². The number of halogens is 1. The maximum Gasteiger partial charge on any atom is 0.124 e. The van der Waals surface area contributed by atoms with Crippen LogP contribution in [0.1, 0.15) is 30.9 Å². The molecular formula is C18H22ClNO2. The fraction of sp³-hybridized carbons (Fsp3) is 0.333. The Hall–Kier alpha value is -1.71. The van der Waals surface area contributed by atoms with Gasteiger partial charge in [0.05, 0.1) is 0 Å². The zero-order chi connectivity index (χ0) is 15.9. The molecule has 0 unspecified atom stereocenters. The van der Waals surface area contributed by atoms with Gasteiger partial charge in [-0.1, -0.05) is 43.6 Å². The average Bonchev–Trinajstić information content (AvgIpc) is 2.52. The van der Waals surface area contributed by atoms with Crippen LogP contribution in [0.15, 0.2) is 42.5 Å². The number of hydrogen-bond donors (Lipinski definition) is 1. The standard InChI is InChI=1S/C18H22ClNO2/c1-13(2)16-5-3-4-6-18(16)22-10-9-21-17-8-7-15(19)11-14(17)12-20/h3-8,11,13H,9-10,12,20H2,1-2H3. The van der Waals surface area contributed by atoms with E-state index in [1.807, 2.05) is 30.3 Å². The minimum Gasteiger partial charge on any atom is -0.490 e. The van der Waals surface area contributed by atoms with Crippen molar-refractivity contribution in [2.45, 2.75) is 26.3 Å². The number of benzene rings is 2. The van der Waals surface area contributed by atoms with E-state index in [-0.39, 0.29) is 0 Å². The smallest absolute Gasteiger partial charge is 0.124 e. The van der Waals surface area contributed by atoms with Crippen LogP contribution in [0.2, 0.25) is 5.02 Å². The first-order valence-electron chi connectivity index (χ1n) is 7.45. The lowest BCUT2D eigenvalue weighted by molar-refractivity contribution is 0.214. The van der Waals surface area contributed by atoms with Gasteiger partial charge in [-0.2, -0.15) is 0 Å². The van der Waals surface area contributed by atoms with E-state index < -0.39 is 0 Å². The van der Waals surface area contributed by atoms with E-state index in [0.29, 0.717) is 30.7 Å². The fourth-order valence-corrected chi connectivity index (χ4v) is 2.44. The minimum atomic E-state index is 0.396. The van der Waals surface area contributed by atoms with Gasteiger partial charge in [-0.05, 0) is 35.7 Å². The second-order valence-corrected chi connectivity index (χ2v) is 5.78. The van der Waals surface area contributed by atoms with Crippen molar-refractivity contribution in [2.24, 2.45) is 5.73 Å². The summed E-state index contributed by atoms with van der Waals surface area (Å²) in [5.74, 6) is 2.10. The largest absolute Gasteiger partial charge is 0.490 e. The Morgan fingerprint density at radius 2 is 1.68 bits per heavy atom. The van der Waals surface area contributed by atoms with Gasteiger partial charge in [-0.15, -0.1) is 0 Å². The van der Waals surface area contributed by atoms with Crippen molar-refractivity contribution in [3.63, 3.8) is 0 Å². The van der Waals surface area contributed by atoms with Gasteiger partial charge in [-0.25, -0.2) is 0 Å². The van der Waals surface area contributed by atoms with Gasteiger partial charge in [0.15, 0.2) is 0 Å². The van der Waals surface area contributed by atoms with Crippen molar-refractivity contribution >= 4 is 11.6 Å². The molecule has 0 atom stereocenters. The lowest BCUT2D eigenvalue weighted by atomic mass is 10.0. The summed E-state index contributed by atoms with van der Waals surface area (Å²) in [5, 5.41) is 0.662. The molecule has 2 aromatic carbocycles. The Labute approximate surface area is 137 Å². The lowest BCUT2D eigenvalue weighted by Gasteiger charge is -2.15. The van der Waals surface area contributed by atoms with Gasteiger partial charge in [0.25, 0.3) is 0 Å². The van der Waals surface area contributed by atoms with E-state index in [0.717, 1.165) is 17.1 Å². The van der Waals surface area contributed by atoms with Crippen LogP contribution in [-0.2, 0) is 6.54 Å². The molecule has 22 heavy (non-hydrogen) atoms. The molecule has 0 aromatic heterocycles. The van der Waals surface area contributed by atoms with Gasteiger partial charge in [0.1, 0.15) is 24.7 Å². The Morgan fingerprint density at radius 1 is 1.00 bits per heavy atom. The van der Waals surface area contributed by atoms with E-state index in [1.54, 1.807) is 6.07 Å². The molecule has 0 bridgehead atoms. The summed E-state index contributed by atoms with van der Waals surface area (Å²) in [6.45, 7) is 5.64. The molecule has 4 heteroatoms. The predicted octanol–water partition coefficient (Wildman–Crippen LogP) is 4.38. The van der Waals surface area contributed by atoms with Crippen molar-refractivity contribution in [3.05, 3.63) is 58.6 Å². The molecule has 3 nitrogen and oxygen atoms in total. The molecule has 0 aliphatic heterocycles. The molecule has 0 amide bonds. The monoisotopic (exact) mass is 319 g/mol. The van der Waals surface area contributed by atoms with E-state index in [1.165, 1.54) is 5.56 Å². The van der Waals surface area contributed by atoms with E-state index in [9.17, 15) is 0 Å². The highest BCUT2D eigenvalue weighted by Crippen LogP contribution is 2.26. The maximum atomic E-state index is 5.95. The minimum absolute atomic E-state index is 0.396. The summed E-state index contributed by atoms with van der Waals surface area (Å²) in [5.41, 5.74) is 7.80. The van der Waals surface area contributed by atoms with Gasteiger partial charge < -0.3 is 15.2 Å². The Balaban J connectivity index is 1.90. The van der Waals surface area contributed by atoms with Gasteiger partial charge in [0.2, 0.25) is 0 Å². The summed E-state index contributed by atoms with van der Waals surface area (Å²) in [7, 11) is 0. The normalized spacial score (nSPS) is 10.8. The van der Waals surface area contributed by atoms with Crippen molar-refractivity contribution < 1.29 is 9.47 Å². The zero-order valence-electron chi connectivity index (χ0n) is 13.0. The van der Waals surface area contributed by atoms with Crippen LogP contribution in [0, 0.1) is 0 Å². The van der Waals surface area contributed by atoms with Gasteiger partial charge >= 0.3 is 0 Å². The Bertz CT molecular complexity index is 614. The first-order chi connectivity index (χ1) is 10.6. The van der Waals surface area contributed by atoms with Crippen LogP contribution in [0.3, 0.4) is 0 Å². The molecule has 2 aromatic rings. The molecule has 0 heterocycles. The molecule has 2 N–H and O–H groups in total. The van der Waals surface area contributed by atoms with Crippen LogP contribution >= 0.6 is 11.6 Å². The molecule has 2 rings (SSSR count). The van der Waals surface area contributed by atoms with E-state index in [4.69, 9.17) is 26.8 Å². The van der Waals surface area contributed by atoms with Gasteiger partial charge in [-0.3, -0.25) is 0 Å². The molecule has 118 valence electrons. The quantitative estimate of drug-likeness (QED) is 0.770. The highest BCUT2D eigenvalue weighted by Gasteiger charge is 2.07. The van der Waals surface area contributed by atoms with Crippen LogP contribution in [-0.4, -0.2) is 13.2 Å². The Morgan fingerprint density at radius 3 is 2.36 bits per heavy atom. The number of para-hydroxylation sites is 1. The highest BCUT2D eigenvalue weighted by atomic mass is 35.5. The third-order valence-corrected chi connectivity index (χ3v) is 3.62. The molecule has 0 radical (unpaired) electrons. The highest BCUT2D eigenvalue weighted by molar-refractivity contribution is 6.30. The van der Waals surface area contributed by atoms with Gasteiger partial charge in [0, 0.05) is 17.1 Å². The van der Waals surface area contributed by atoms with Crippen molar-refractivity contribution in [1.29, 1.82) is 0 Å². The van der Waals surface area contributed by atoms with E-state index >= 15 is 0 Å². The zero-order valence-corrected chi connectivity index (χ0v) is 13.8. The molecule has 0 aliphatic carbocycles. The maximum absolute atomic E-state index is 5.95. The number of ether oxygens (including phenoxy) is 2. The summed E-state index contributed by atoms with van der Waals surface area (Å²) in [6, 6.07) is 13.5. The average molecular weight is 320 g/mol. The summed E-state index contributed by atoms with van der Waals surface area (Å²) < 4.78 is 11.6. The first kappa shape index (κ1) is 16.7. The van der Waals surface area contributed by atoms with Crippen molar-refractivity contribution in [1.82, 2.24) is 0 Å². The predicted molar refractivity (Wildman–Crippen MR) is 90.9 cm³/mol. The molecule has 0 spiro atoms. The molecule has 0 saturated carbocycles. The summed E-state index contributed by atoms with van der Waals surface area (Å²) in [6.07, 6.45) is 0. The Kier molecular flexibility index (Phi) is 6.10. The fourth-order valence-electron chi connectivity index (χ4n) is 2.24. The van der Waals surface area contributed by atoms with Crippen molar-refractivity contribution in [2.75, 3.05) is 13.2 Å². The van der Waals surface area contributed by atoms with Crippen LogP contribution in [0.5, 0.6) is 11.5 Å². The SMILES string of the molecule is CC(C)c1ccccc1OCCOc1ccc(Cl)cc1CN. The summed E-state index contributed by atoms with van der Waals surface area (Å²) >= 11 is 5.95. The number of nitrogens with two attached hydrogens (primary N) is 1. The summed E-state index contributed by atoms with van der Waals surface area (Å²) in [4.78, 5) is 0. The third-order valence-electron chi connectivity index (χ3n) is 3.38. The lowest BCUT2D eigenvalue weighted by Crippen LogP contribution is -2.11. The van der Waals surface area contributed by atoms with Crippen LogP contribution in [0.25, 0.3) is 0 Å². The molecular weight excluding hydrogens is 298 g/mol. The third kappa shape index (κ3) is 4.39. The van der Waals surface area contributed by atoms with Crippen LogP contribution < -0.4 is 15.2 Å². The topological polar surface area (TPSA) is 44.5 Å². The second kappa shape index (κ2) is 8.06. The number of hydrogen-bond acceptors (Lipinski definition) is 3. The second-order valence-electron chi connectivity index (χ2n) is 5.35. The molecule has 0 aliphatic rings. The molecule has 0 saturated heterocycles. The molecule has 0 fully saturated rings. The number of rotatable bonds is 7.